The van der Waals surface area contributed by atoms with Crippen LogP contribution in [0, 0.1) is 22.7 Å². The molecule has 6 nitrogen and oxygen atoms in total. The summed E-state index contributed by atoms with van der Waals surface area (Å²) in [6.07, 6.45) is 4.70. The molecule has 23 heavy (non-hydrogen) atoms. The zero-order chi connectivity index (χ0) is 17.1. The normalized spacial score (nSPS) is 26.8. The Hall–Kier alpha value is -2.09. The first-order chi connectivity index (χ1) is 10.8. The third-order valence-electron chi connectivity index (χ3n) is 3.60. The van der Waals surface area contributed by atoms with Crippen LogP contribution in [-0.4, -0.2) is 26.1 Å². The fraction of sp³-hybridized carbons (Fsp3) is 0.500. The predicted molar refractivity (Wildman–Crippen MR) is 84.9 cm³/mol. The van der Waals surface area contributed by atoms with Crippen LogP contribution >= 0.6 is 11.8 Å². The van der Waals surface area contributed by atoms with Gasteiger partial charge >= 0.3 is 0 Å². The Balaban J connectivity index is 2.48. The van der Waals surface area contributed by atoms with E-state index in [9.17, 15) is 5.26 Å². The molecule has 2 rings (SSSR count). The fourth-order valence-corrected chi connectivity index (χ4v) is 3.54. The van der Waals surface area contributed by atoms with Crippen LogP contribution in [0.2, 0.25) is 0 Å². The standard InChI is InChI=1S/C16H18N4O2S/c1-14(2)12(6-8-17)21-15(3,4)16(22-14,7-9-18)23-13-19-10-5-11-20-13/h5-6,10-11H,7H2,1-4H3. The van der Waals surface area contributed by atoms with Gasteiger partial charge < -0.3 is 9.47 Å². The lowest BCUT2D eigenvalue weighted by Gasteiger charge is -2.53. The van der Waals surface area contributed by atoms with E-state index in [1.165, 1.54) is 17.8 Å². The first kappa shape index (κ1) is 17.3. The molecule has 0 radical (unpaired) electrons. The monoisotopic (exact) mass is 330 g/mol. The summed E-state index contributed by atoms with van der Waals surface area (Å²) in [5.74, 6) is 0.438. The molecule has 1 saturated heterocycles. The Bertz CT molecular complexity index is 688. The first-order valence-corrected chi connectivity index (χ1v) is 7.90. The number of allylic oxidation sites excluding steroid dienone is 1. The maximum atomic E-state index is 9.33. The molecule has 0 aliphatic carbocycles. The van der Waals surface area contributed by atoms with Crippen molar-refractivity contribution in [2.75, 3.05) is 0 Å². The van der Waals surface area contributed by atoms with E-state index < -0.39 is 16.1 Å². The minimum absolute atomic E-state index is 0.0895. The van der Waals surface area contributed by atoms with E-state index in [0.29, 0.717) is 10.9 Å². The van der Waals surface area contributed by atoms with Gasteiger partial charge in [0.2, 0.25) is 0 Å². The maximum absolute atomic E-state index is 9.33. The van der Waals surface area contributed by atoms with Gasteiger partial charge in [-0.3, -0.25) is 0 Å². The van der Waals surface area contributed by atoms with Crippen LogP contribution < -0.4 is 0 Å². The van der Waals surface area contributed by atoms with Gasteiger partial charge in [-0.15, -0.1) is 0 Å². The van der Waals surface area contributed by atoms with Gasteiger partial charge in [-0.05, 0) is 45.5 Å². The lowest BCUT2D eigenvalue weighted by molar-refractivity contribution is -0.232. The molecular weight excluding hydrogens is 312 g/mol. The van der Waals surface area contributed by atoms with Crippen LogP contribution in [0.5, 0.6) is 0 Å². The fourth-order valence-electron chi connectivity index (χ4n) is 2.34. The largest absolute Gasteiger partial charge is 0.484 e. The molecule has 0 aromatic carbocycles. The highest BCUT2D eigenvalue weighted by Crippen LogP contribution is 2.53. The van der Waals surface area contributed by atoms with Crippen molar-refractivity contribution in [3.8, 4) is 12.1 Å². The molecule has 0 spiro atoms. The van der Waals surface area contributed by atoms with Gasteiger partial charge in [-0.2, -0.15) is 10.5 Å². The van der Waals surface area contributed by atoms with E-state index in [1.807, 2.05) is 33.8 Å². The summed E-state index contributed by atoms with van der Waals surface area (Å²) in [5.41, 5.74) is -1.70. The first-order valence-electron chi connectivity index (χ1n) is 7.09. The van der Waals surface area contributed by atoms with Crippen LogP contribution in [0.15, 0.2) is 35.5 Å². The second-order valence-electron chi connectivity index (χ2n) is 6.08. The molecule has 1 fully saturated rings. The zero-order valence-electron chi connectivity index (χ0n) is 13.5. The molecule has 1 atom stereocenters. The minimum Gasteiger partial charge on any atom is -0.484 e. The number of hydrogen-bond acceptors (Lipinski definition) is 7. The molecule has 0 saturated carbocycles. The molecule has 120 valence electrons. The molecule has 1 unspecified atom stereocenters. The van der Waals surface area contributed by atoms with E-state index >= 15 is 0 Å². The Labute approximate surface area is 140 Å². The number of hydrogen-bond donors (Lipinski definition) is 0. The number of ether oxygens (including phenoxy) is 2. The minimum atomic E-state index is -1.00. The molecule has 2 heterocycles. The van der Waals surface area contributed by atoms with Crippen molar-refractivity contribution < 1.29 is 9.47 Å². The summed E-state index contributed by atoms with van der Waals surface area (Å²) < 4.78 is 12.4. The van der Waals surface area contributed by atoms with E-state index in [1.54, 1.807) is 18.5 Å². The highest BCUT2D eigenvalue weighted by atomic mass is 32.2. The molecule has 1 aliphatic heterocycles. The van der Waals surface area contributed by atoms with Gasteiger partial charge in [0.05, 0.1) is 24.6 Å². The average Bonchev–Trinajstić information content (AvgIpc) is 2.46. The van der Waals surface area contributed by atoms with E-state index in [4.69, 9.17) is 14.7 Å². The third-order valence-corrected chi connectivity index (χ3v) is 5.04. The van der Waals surface area contributed by atoms with E-state index in [2.05, 4.69) is 16.0 Å². The summed E-state index contributed by atoms with van der Waals surface area (Å²) >= 11 is 1.26. The molecule has 0 N–H and O–H groups in total. The Morgan fingerprint density at radius 2 is 1.87 bits per heavy atom. The number of nitrogens with zero attached hydrogens (tertiary/aromatic N) is 4. The Morgan fingerprint density at radius 3 is 2.43 bits per heavy atom. The molecule has 1 aliphatic rings. The lowest BCUT2D eigenvalue weighted by Crippen LogP contribution is -2.60. The number of rotatable bonds is 3. The molecule has 1 aromatic rings. The smallest absolute Gasteiger partial charge is 0.190 e. The van der Waals surface area contributed by atoms with Crippen molar-refractivity contribution in [3.05, 3.63) is 30.3 Å². The van der Waals surface area contributed by atoms with Crippen LogP contribution in [0.4, 0.5) is 0 Å². The number of aromatic nitrogens is 2. The van der Waals surface area contributed by atoms with Crippen molar-refractivity contribution in [3.63, 3.8) is 0 Å². The average molecular weight is 330 g/mol. The second kappa shape index (κ2) is 6.19. The van der Waals surface area contributed by atoms with Gasteiger partial charge in [-0.25, -0.2) is 9.97 Å². The molecule has 1 aromatic heterocycles. The summed E-state index contributed by atoms with van der Waals surface area (Å²) in [6.45, 7) is 7.29. The Morgan fingerprint density at radius 1 is 1.22 bits per heavy atom. The summed E-state index contributed by atoms with van der Waals surface area (Å²) in [5, 5.41) is 18.8. The van der Waals surface area contributed by atoms with Gasteiger partial charge in [0.1, 0.15) is 17.0 Å². The van der Waals surface area contributed by atoms with Gasteiger partial charge in [0.25, 0.3) is 0 Å². The van der Waals surface area contributed by atoms with Gasteiger partial charge in [0.15, 0.2) is 10.1 Å². The Kier molecular flexibility index (Phi) is 4.65. The SMILES string of the molecule is CC1(C)OC(CC#N)(Sc2ncccn2)C(C)(C)OC1=CC#N. The lowest BCUT2D eigenvalue weighted by atomic mass is 9.92. The summed E-state index contributed by atoms with van der Waals surface area (Å²) in [4.78, 5) is 7.42. The van der Waals surface area contributed by atoms with Crippen LogP contribution in [0.3, 0.4) is 0 Å². The van der Waals surface area contributed by atoms with Crippen molar-refractivity contribution in [1.82, 2.24) is 9.97 Å². The quantitative estimate of drug-likeness (QED) is 0.620. The van der Waals surface area contributed by atoms with Crippen molar-refractivity contribution in [2.45, 2.75) is 55.4 Å². The van der Waals surface area contributed by atoms with Crippen molar-refractivity contribution in [2.24, 2.45) is 0 Å². The van der Waals surface area contributed by atoms with Gasteiger partial charge in [0, 0.05) is 12.4 Å². The molecule has 0 bridgehead atoms. The summed E-state index contributed by atoms with van der Waals surface area (Å²) in [7, 11) is 0. The maximum Gasteiger partial charge on any atom is 0.190 e. The molecule has 0 amide bonds. The highest BCUT2D eigenvalue weighted by Gasteiger charge is 2.58. The topological polar surface area (TPSA) is 91.8 Å². The number of thioether (sulfide) groups is 1. The van der Waals surface area contributed by atoms with E-state index in [-0.39, 0.29) is 6.42 Å². The van der Waals surface area contributed by atoms with E-state index in [0.717, 1.165) is 0 Å². The highest BCUT2D eigenvalue weighted by molar-refractivity contribution is 8.00. The van der Waals surface area contributed by atoms with Crippen LogP contribution in [0.1, 0.15) is 34.1 Å². The third kappa shape index (κ3) is 3.31. The predicted octanol–water partition coefficient (Wildman–Crippen LogP) is 3.19. The zero-order valence-corrected chi connectivity index (χ0v) is 14.3. The van der Waals surface area contributed by atoms with Gasteiger partial charge in [-0.1, -0.05) is 0 Å². The van der Waals surface area contributed by atoms with Crippen LogP contribution in [0.25, 0.3) is 0 Å². The molecule has 7 heteroatoms. The van der Waals surface area contributed by atoms with Crippen molar-refractivity contribution in [1.29, 1.82) is 10.5 Å². The van der Waals surface area contributed by atoms with Crippen LogP contribution in [-0.2, 0) is 9.47 Å². The van der Waals surface area contributed by atoms with Crippen molar-refractivity contribution >= 4 is 11.8 Å². The number of nitriles is 2. The second-order valence-corrected chi connectivity index (χ2v) is 7.31. The summed E-state index contributed by atoms with van der Waals surface area (Å²) in [6, 6.07) is 5.87. The molecular formula is C16H18N4O2S.